The average Bonchev–Trinajstić information content (AvgIpc) is 2.64. The number of thiophene rings is 1. The fraction of sp³-hybridized carbons (Fsp3) is 0.583. The number of amides is 1. The zero-order valence-electron chi connectivity index (χ0n) is 9.57. The van der Waals surface area contributed by atoms with Gasteiger partial charge < -0.3 is 4.90 Å². The van der Waals surface area contributed by atoms with E-state index in [0.29, 0.717) is 12.1 Å². The lowest BCUT2D eigenvalue weighted by atomic mass is 9.97. The second-order valence-corrected chi connectivity index (χ2v) is 6.21. The molecule has 1 saturated heterocycles. The number of piperidine rings is 1. The number of likely N-dealkylation sites (tertiary alicyclic amines) is 1. The number of carbonyl (C=O) groups is 1. The normalized spacial score (nSPS) is 25.8. The van der Waals surface area contributed by atoms with Crippen LogP contribution in [0.2, 0.25) is 0 Å². The monoisotopic (exact) mass is 301 g/mol. The van der Waals surface area contributed by atoms with E-state index < -0.39 is 0 Å². The minimum Gasteiger partial charge on any atom is -0.333 e. The van der Waals surface area contributed by atoms with E-state index >= 15 is 0 Å². The van der Waals surface area contributed by atoms with Gasteiger partial charge >= 0.3 is 0 Å². The highest BCUT2D eigenvalue weighted by Crippen LogP contribution is 2.29. The summed E-state index contributed by atoms with van der Waals surface area (Å²) in [6.07, 6.45) is 3.48. The van der Waals surface area contributed by atoms with Gasteiger partial charge in [-0.1, -0.05) is 0 Å². The third kappa shape index (κ3) is 2.18. The molecule has 2 rings (SSSR count). The van der Waals surface area contributed by atoms with Gasteiger partial charge in [-0.25, -0.2) is 0 Å². The van der Waals surface area contributed by atoms with Crippen molar-refractivity contribution >= 4 is 33.2 Å². The van der Waals surface area contributed by atoms with Crippen LogP contribution in [0, 0.1) is 0 Å². The Kier molecular flexibility index (Phi) is 3.70. The van der Waals surface area contributed by atoms with Crippen LogP contribution in [0.25, 0.3) is 0 Å². The largest absolute Gasteiger partial charge is 0.333 e. The molecule has 0 spiro atoms. The number of halogens is 1. The van der Waals surface area contributed by atoms with E-state index in [2.05, 4.69) is 29.8 Å². The first-order valence-corrected chi connectivity index (χ1v) is 7.34. The van der Waals surface area contributed by atoms with Gasteiger partial charge in [-0.2, -0.15) is 0 Å². The van der Waals surface area contributed by atoms with Gasteiger partial charge in [0, 0.05) is 16.6 Å². The fourth-order valence-electron chi connectivity index (χ4n) is 2.39. The van der Waals surface area contributed by atoms with E-state index in [0.717, 1.165) is 22.2 Å². The highest BCUT2D eigenvalue weighted by atomic mass is 79.9. The third-order valence-corrected chi connectivity index (χ3v) is 5.07. The first-order chi connectivity index (χ1) is 7.61. The quantitative estimate of drug-likeness (QED) is 0.770. The molecule has 1 amide bonds. The predicted octanol–water partition coefficient (Wildman–Crippen LogP) is 3.91. The summed E-state index contributed by atoms with van der Waals surface area (Å²) in [5.41, 5.74) is 0. The van der Waals surface area contributed by atoms with Crippen LogP contribution >= 0.6 is 27.3 Å². The van der Waals surface area contributed by atoms with E-state index in [4.69, 9.17) is 0 Å². The standard InChI is InChI=1S/C12H16BrNOS/c1-8-4-3-5-9(2)14(8)12(15)11-10(13)6-7-16-11/h6-9H,3-5H2,1-2H3. The van der Waals surface area contributed by atoms with Crippen molar-refractivity contribution in [1.82, 2.24) is 4.90 Å². The molecule has 0 aromatic carbocycles. The van der Waals surface area contributed by atoms with Crippen molar-refractivity contribution in [1.29, 1.82) is 0 Å². The number of hydrogen-bond donors (Lipinski definition) is 0. The first kappa shape index (κ1) is 12.1. The maximum absolute atomic E-state index is 12.4. The Labute approximate surface area is 109 Å². The molecule has 1 aliphatic heterocycles. The SMILES string of the molecule is CC1CCCC(C)N1C(=O)c1sccc1Br. The van der Waals surface area contributed by atoms with Gasteiger partial charge in [0.1, 0.15) is 4.88 Å². The van der Waals surface area contributed by atoms with Crippen molar-refractivity contribution in [2.45, 2.75) is 45.2 Å². The molecule has 1 aliphatic rings. The Balaban J connectivity index is 2.23. The second-order valence-electron chi connectivity index (χ2n) is 4.44. The van der Waals surface area contributed by atoms with Crippen LogP contribution in [0.4, 0.5) is 0 Å². The average molecular weight is 302 g/mol. The Bertz CT molecular complexity index is 380. The molecule has 1 fully saturated rings. The molecule has 1 aromatic rings. The zero-order valence-corrected chi connectivity index (χ0v) is 12.0. The molecule has 0 radical (unpaired) electrons. The Hall–Kier alpha value is -0.350. The number of rotatable bonds is 1. The molecule has 2 heterocycles. The predicted molar refractivity (Wildman–Crippen MR) is 71.0 cm³/mol. The van der Waals surface area contributed by atoms with Crippen molar-refractivity contribution < 1.29 is 4.79 Å². The van der Waals surface area contributed by atoms with Crippen LogP contribution < -0.4 is 0 Å². The minimum absolute atomic E-state index is 0.182. The van der Waals surface area contributed by atoms with Gasteiger partial charge in [0.15, 0.2) is 0 Å². The molecular weight excluding hydrogens is 286 g/mol. The maximum Gasteiger partial charge on any atom is 0.265 e. The van der Waals surface area contributed by atoms with Gasteiger partial charge in [-0.15, -0.1) is 11.3 Å². The van der Waals surface area contributed by atoms with E-state index in [1.54, 1.807) is 0 Å². The van der Waals surface area contributed by atoms with Crippen molar-refractivity contribution in [3.05, 3.63) is 20.8 Å². The molecular formula is C12H16BrNOS. The van der Waals surface area contributed by atoms with E-state index in [1.165, 1.54) is 17.8 Å². The lowest BCUT2D eigenvalue weighted by Crippen LogP contribution is -2.47. The van der Waals surface area contributed by atoms with Crippen LogP contribution in [0.5, 0.6) is 0 Å². The summed E-state index contributed by atoms with van der Waals surface area (Å²) < 4.78 is 0.924. The van der Waals surface area contributed by atoms with Crippen LogP contribution in [0.3, 0.4) is 0 Å². The molecule has 0 N–H and O–H groups in total. The van der Waals surface area contributed by atoms with Crippen molar-refractivity contribution in [2.75, 3.05) is 0 Å². The highest BCUT2D eigenvalue weighted by molar-refractivity contribution is 9.10. The number of nitrogens with zero attached hydrogens (tertiary/aromatic N) is 1. The molecule has 2 nitrogen and oxygen atoms in total. The molecule has 0 saturated carbocycles. The Morgan fingerprint density at radius 3 is 2.56 bits per heavy atom. The van der Waals surface area contributed by atoms with Crippen LogP contribution in [0.15, 0.2) is 15.9 Å². The minimum atomic E-state index is 0.182. The van der Waals surface area contributed by atoms with Crippen LogP contribution in [0.1, 0.15) is 42.8 Å². The van der Waals surface area contributed by atoms with Crippen molar-refractivity contribution in [2.24, 2.45) is 0 Å². The summed E-state index contributed by atoms with van der Waals surface area (Å²) in [5, 5.41) is 1.95. The summed E-state index contributed by atoms with van der Waals surface area (Å²) in [7, 11) is 0. The molecule has 4 heteroatoms. The summed E-state index contributed by atoms with van der Waals surface area (Å²) in [6, 6.07) is 2.67. The zero-order chi connectivity index (χ0) is 11.7. The summed E-state index contributed by atoms with van der Waals surface area (Å²) in [5.74, 6) is 0.182. The summed E-state index contributed by atoms with van der Waals surface area (Å²) in [6.45, 7) is 4.30. The summed E-state index contributed by atoms with van der Waals surface area (Å²) >= 11 is 4.95. The Morgan fingerprint density at radius 2 is 2.06 bits per heavy atom. The van der Waals surface area contributed by atoms with Crippen LogP contribution in [-0.4, -0.2) is 22.9 Å². The topological polar surface area (TPSA) is 20.3 Å². The molecule has 0 bridgehead atoms. The van der Waals surface area contributed by atoms with Gasteiger partial charge in [0.05, 0.1) is 0 Å². The fourth-order valence-corrected chi connectivity index (χ4v) is 3.87. The smallest absolute Gasteiger partial charge is 0.265 e. The molecule has 88 valence electrons. The van der Waals surface area contributed by atoms with E-state index in [-0.39, 0.29) is 5.91 Å². The van der Waals surface area contributed by atoms with Gasteiger partial charge in [-0.05, 0) is 60.5 Å². The van der Waals surface area contributed by atoms with Crippen molar-refractivity contribution in [3.8, 4) is 0 Å². The second kappa shape index (κ2) is 4.88. The maximum atomic E-state index is 12.4. The molecule has 1 aromatic heterocycles. The Morgan fingerprint density at radius 1 is 1.44 bits per heavy atom. The number of carbonyl (C=O) groups excluding carboxylic acids is 1. The van der Waals surface area contributed by atoms with Gasteiger partial charge in [0.2, 0.25) is 0 Å². The van der Waals surface area contributed by atoms with Gasteiger partial charge in [-0.3, -0.25) is 4.79 Å². The van der Waals surface area contributed by atoms with Gasteiger partial charge in [0.25, 0.3) is 5.91 Å². The van der Waals surface area contributed by atoms with Crippen molar-refractivity contribution in [3.63, 3.8) is 0 Å². The first-order valence-electron chi connectivity index (χ1n) is 5.67. The van der Waals surface area contributed by atoms with E-state index in [1.807, 2.05) is 16.3 Å². The third-order valence-electron chi connectivity index (χ3n) is 3.24. The lowest BCUT2D eigenvalue weighted by Gasteiger charge is -2.38. The van der Waals surface area contributed by atoms with Crippen LogP contribution in [-0.2, 0) is 0 Å². The number of hydrogen-bond acceptors (Lipinski definition) is 2. The molecule has 2 atom stereocenters. The summed E-state index contributed by atoms with van der Waals surface area (Å²) in [4.78, 5) is 15.3. The molecule has 0 aliphatic carbocycles. The van der Waals surface area contributed by atoms with E-state index in [9.17, 15) is 4.79 Å². The molecule has 16 heavy (non-hydrogen) atoms. The molecule has 2 unspecified atom stereocenters. The lowest BCUT2D eigenvalue weighted by molar-refractivity contribution is 0.0515. The highest BCUT2D eigenvalue weighted by Gasteiger charge is 2.30.